The van der Waals surface area contributed by atoms with Gasteiger partial charge in [0.15, 0.2) is 0 Å². The molecule has 23 heavy (non-hydrogen) atoms. The summed E-state index contributed by atoms with van der Waals surface area (Å²) in [5.74, 6) is -5.36. The molecule has 0 amide bonds. The van der Waals surface area contributed by atoms with Crippen LogP contribution in [-0.2, 0) is 19.8 Å². The van der Waals surface area contributed by atoms with E-state index in [0.29, 0.717) is 0 Å². The van der Waals surface area contributed by atoms with Gasteiger partial charge < -0.3 is 15.3 Å². The molecule has 6 heteroatoms. The molecule has 6 nitrogen and oxygen atoms in total. The summed E-state index contributed by atoms with van der Waals surface area (Å²) in [5, 5.41) is 28.9. The fraction of sp³-hybridized carbons (Fsp3) is 0.235. The van der Waals surface area contributed by atoms with Gasteiger partial charge in [0.25, 0.3) is 0 Å². The Bertz CT molecular complexity index is 716. The molecule has 1 aliphatic carbocycles. The minimum Gasteiger partial charge on any atom is -0.481 e. The fourth-order valence-electron chi connectivity index (χ4n) is 3.22. The lowest BCUT2D eigenvalue weighted by atomic mass is 9.61. The summed E-state index contributed by atoms with van der Waals surface area (Å²) in [7, 11) is 0. The standard InChI is InChI=1S/C17H16O6/c1-2-12-11(14(18)19)8-9-13(15(20)21)17(12,16(22)23)10-6-4-3-5-7-10/h3-9,13H,2H2,1H3,(H,18,19)(H,20,21)(H,22,23). The fourth-order valence-corrected chi connectivity index (χ4v) is 3.22. The second kappa shape index (κ2) is 6.08. The minimum absolute atomic E-state index is 0.0820. The highest BCUT2D eigenvalue weighted by Crippen LogP contribution is 2.46. The molecule has 0 saturated heterocycles. The first kappa shape index (κ1) is 16.5. The lowest BCUT2D eigenvalue weighted by Crippen LogP contribution is -2.49. The number of benzene rings is 1. The van der Waals surface area contributed by atoms with Gasteiger partial charge in [-0.3, -0.25) is 9.59 Å². The smallest absolute Gasteiger partial charge is 0.335 e. The largest absolute Gasteiger partial charge is 0.481 e. The minimum atomic E-state index is -1.94. The first-order valence-electron chi connectivity index (χ1n) is 7.04. The van der Waals surface area contributed by atoms with Crippen LogP contribution in [0.5, 0.6) is 0 Å². The van der Waals surface area contributed by atoms with E-state index in [1.165, 1.54) is 18.2 Å². The molecule has 3 N–H and O–H groups in total. The van der Waals surface area contributed by atoms with Crippen molar-refractivity contribution < 1.29 is 29.7 Å². The normalized spacial score (nSPS) is 23.6. The van der Waals surface area contributed by atoms with Gasteiger partial charge in [-0.25, -0.2) is 4.79 Å². The zero-order chi connectivity index (χ0) is 17.2. The third-order valence-electron chi connectivity index (χ3n) is 4.14. The highest BCUT2D eigenvalue weighted by atomic mass is 16.4. The van der Waals surface area contributed by atoms with Crippen molar-refractivity contribution >= 4 is 17.9 Å². The molecule has 0 aromatic heterocycles. The van der Waals surface area contributed by atoms with Gasteiger partial charge in [0.05, 0.1) is 11.5 Å². The van der Waals surface area contributed by atoms with Gasteiger partial charge in [-0.1, -0.05) is 49.4 Å². The van der Waals surface area contributed by atoms with Crippen molar-refractivity contribution in [1.82, 2.24) is 0 Å². The average Bonchev–Trinajstić information content (AvgIpc) is 2.53. The van der Waals surface area contributed by atoms with E-state index < -0.39 is 29.2 Å². The Labute approximate surface area is 132 Å². The van der Waals surface area contributed by atoms with E-state index in [0.717, 1.165) is 6.08 Å². The van der Waals surface area contributed by atoms with Crippen LogP contribution < -0.4 is 0 Å². The number of carboxylic acid groups (broad SMARTS) is 3. The maximum absolute atomic E-state index is 12.2. The molecule has 0 spiro atoms. The Hall–Kier alpha value is -2.89. The Balaban J connectivity index is 2.91. The van der Waals surface area contributed by atoms with E-state index in [9.17, 15) is 29.7 Å². The molecule has 0 heterocycles. The van der Waals surface area contributed by atoms with Gasteiger partial charge >= 0.3 is 17.9 Å². The average molecular weight is 316 g/mol. The van der Waals surface area contributed by atoms with Crippen LogP contribution in [0.3, 0.4) is 0 Å². The first-order chi connectivity index (χ1) is 10.9. The van der Waals surface area contributed by atoms with Crippen molar-refractivity contribution in [3.8, 4) is 0 Å². The summed E-state index contributed by atoms with van der Waals surface area (Å²) in [6.07, 6.45) is 2.44. The number of hydrogen-bond donors (Lipinski definition) is 3. The second-order valence-corrected chi connectivity index (χ2v) is 5.21. The summed E-state index contributed by atoms with van der Waals surface area (Å²) in [5.41, 5.74) is -1.78. The molecule has 0 fully saturated rings. The highest BCUT2D eigenvalue weighted by Gasteiger charge is 2.54. The number of rotatable bonds is 5. The monoisotopic (exact) mass is 316 g/mol. The summed E-state index contributed by atoms with van der Waals surface area (Å²) < 4.78 is 0. The number of aliphatic carboxylic acids is 3. The van der Waals surface area contributed by atoms with E-state index in [1.54, 1.807) is 25.1 Å². The van der Waals surface area contributed by atoms with E-state index in [1.807, 2.05) is 0 Å². The molecular formula is C17H16O6. The predicted molar refractivity (Wildman–Crippen MR) is 81.0 cm³/mol. The van der Waals surface area contributed by atoms with Crippen LogP contribution in [0.25, 0.3) is 0 Å². The summed E-state index contributed by atoms with van der Waals surface area (Å²) in [6.45, 7) is 1.62. The van der Waals surface area contributed by atoms with Crippen molar-refractivity contribution in [3.63, 3.8) is 0 Å². The Morgan fingerprint density at radius 1 is 1.09 bits per heavy atom. The topological polar surface area (TPSA) is 112 Å². The first-order valence-corrected chi connectivity index (χ1v) is 7.04. The third kappa shape index (κ3) is 2.42. The molecule has 2 rings (SSSR count). The molecule has 1 aliphatic rings. The van der Waals surface area contributed by atoms with Gasteiger partial charge in [-0.15, -0.1) is 0 Å². The van der Waals surface area contributed by atoms with E-state index >= 15 is 0 Å². The van der Waals surface area contributed by atoms with Crippen molar-refractivity contribution in [1.29, 1.82) is 0 Å². The summed E-state index contributed by atoms with van der Waals surface area (Å²) in [6, 6.07) is 7.91. The van der Waals surface area contributed by atoms with E-state index in [2.05, 4.69) is 0 Å². The molecule has 0 bridgehead atoms. The Morgan fingerprint density at radius 3 is 2.13 bits per heavy atom. The molecule has 0 radical (unpaired) electrons. The van der Waals surface area contributed by atoms with Crippen LogP contribution in [0.2, 0.25) is 0 Å². The van der Waals surface area contributed by atoms with Gasteiger partial charge in [0.2, 0.25) is 0 Å². The van der Waals surface area contributed by atoms with Gasteiger partial charge in [0, 0.05) is 0 Å². The maximum Gasteiger partial charge on any atom is 0.335 e. The molecule has 0 aliphatic heterocycles. The van der Waals surface area contributed by atoms with Crippen LogP contribution in [-0.4, -0.2) is 33.2 Å². The number of carbonyl (C=O) groups is 3. The molecular weight excluding hydrogens is 300 g/mol. The Morgan fingerprint density at radius 2 is 1.70 bits per heavy atom. The van der Waals surface area contributed by atoms with Crippen molar-refractivity contribution in [2.24, 2.45) is 5.92 Å². The molecule has 2 atom stereocenters. The van der Waals surface area contributed by atoms with E-state index in [-0.39, 0.29) is 23.1 Å². The number of hydrogen-bond acceptors (Lipinski definition) is 3. The molecule has 0 saturated carbocycles. The molecule has 120 valence electrons. The van der Waals surface area contributed by atoms with Crippen LogP contribution in [0.1, 0.15) is 18.9 Å². The summed E-state index contributed by atoms with van der Waals surface area (Å²) >= 11 is 0. The quantitative estimate of drug-likeness (QED) is 0.766. The molecule has 2 unspecified atom stereocenters. The Kier molecular flexibility index (Phi) is 4.36. The van der Waals surface area contributed by atoms with Gasteiger partial charge in [-0.2, -0.15) is 0 Å². The van der Waals surface area contributed by atoms with E-state index in [4.69, 9.17) is 0 Å². The lowest BCUT2D eigenvalue weighted by Gasteiger charge is -2.39. The zero-order valence-electron chi connectivity index (χ0n) is 12.4. The van der Waals surface area contributed by atoms with Gasteiger partial charge in [0.1, 0.15) is 5.41 Å². The number of carboxylic acids is 3. The van der Waals surface area contributed by atoms with Crippen LogP contribution in [0.15, 0.2) is 53.6 Å². The second-order valence-electron chi connectivity index (χ2n) is 5.21. The van der Waals surface area contributed by atoms with Crippen molar-refractivity contribution in [2.75, 3.05) is 0 Å². The lowest BCUT2D eigenvalue weighted by molar-refractivity contribution is -0.152. The van der Waals surface area contributed by atoms with Crippen LogP contribution in [0, 0.1) is 5.92 Å². The third-order valence-corrected chi connectivity index (χ3v) is 4.14. The van der Waals surface area contributed by atoms with Crippen molar-refractivity contribution in [2.45, 2.75) is 18.8 Å². The highest BCUT2D eigenvalue weighted by molar-refractivity contribution is 6.00. The SMILES string of the molecule is CCC1=C(C(=O)O)C=CC(C(=O)O)C1(C(=O)O)c1ccccc1. The predicted octanol–water partition coefficient (Wildman–Crippen LogP) is 2.07. The van der Waals surface area contributed by atoms with Crippen LogP contribution >= 0.6 is 0 Å². The van der Waals surface area contributed by atoms with Crippen molar-refractivity contribution in [3.05, 3.63) is 59.2 Å². The summed E-state index contributed by atoms with van der Waals surface area (Å²) in [4.78, 5) is 35.4. The molecule has 1 aromatic rings. The maximum atomic E-state index is 12.2. The van der Waals surface area contributed by atoms with Crippen LogP contribution in [0.4, 0.5) is 0 Å². The molecule has 1 aromatic carbocycles. The zero-order valence-corrected chi connectivity index (χ0v) is 12.4. The van der Waals surface area contributed by atoms with Gasteiger partial charge in [-0.05, 0) is 17.6 Å².